The van der Waals surface area contributed by atoms with Crippen LogP contribution in [0.4, 0.5) is 0 Å². The summed E-state index contributed by atoms with van der Waals surface area (Å²) in [6.45, 7) is 0. The lowest BCUT2D eigenvalue weighted by Crippen LogP contribution is -2.42. The molecular formula is C16H17N3OS2. The number of aromatic nitrogens is 1. The molecule has 2 saturated heterocycles. The molecule has 2 fully saturated rings. The molecule has 0 saturated carbocycles. The van der Waals surface area contributed by atoms with Gasteiger partial charge in [0, 0.05) is 23.0 Å². The monoisotopic (exact) mass is 331 g/mol. The highest BCUT2D eigenvalue weighted by atomic mass is 32.2. The summed E-state index contributed by atoms with van der Waals surface area (Å²) < 4.78 is 0.905. The van der Waals surface area contributed by atoms with E-state index in [4.69, 9.17) is 0 Å². The maximum absolute atomic E-state index is 12.4. The van der Waals surface area contributed by atoms with Gasteiger partial charge in [-0.1, -0.05) is 30.0 Å². The van der Waals surface area contributed by atoms with E-state index in [1.807, 2.05) is 30.3 Å². The van der Waals surface area contributed by atoms with Crippen LogP contribution >= 0.6 is 23.1 Å². The van der Waals surface area contributed by atoms with Gasteiger partial charge in [-0.25, -0.2) is 4.98 Å². The Morgan fingerprint density at radius 1 is 1.32 bits per heavy atom. The maximum Gasteiger partial charge on any atom is 0.263 e. The molecule has 3 atom stereocenters. The number of hydrogen-bond acceptors (Lipinski definition) is 5. The first-order chi connectivity index (χ1) is 10.8. The van der Waals surface area contributed by atoms with Crippen molar-refractivity contribution >= 4 is 29.0 Å². The van der Waals surface area contributed by atoms with Crippen LogP contribution in [0.2, 0.25) is 0 Å². The SMILES string of the molecule is O=C(NC1CC2CCC1N2)c1cnc(Sc2ccccc2)s1. The van der Waals surface area contributed by atoms with Crippen LogP contribution in [0.3, 0.4) is 0 Å². The number of carbonyl (C=O) groups is 1. The summed E-state index contributed by atoms with van der Waals surface area (Å²) in [5, 5.41) is 6.71. The van der Waals surface area contributed by atoms with Crippen LogP contribution in [0, 0.1) is 0 Å². The van der Waals surface area contributed by atoms with Crippen molar-refractivity contribution in [2.24, 2.45) is 0 Å². The van der Waals surface area contributed by atoms with Crippen LogP contribution in [0.25, 0.3) is 0 Å². The summed E-state index contributed by atoms with van der Waals surface area (Å²) in [4.78, 5) is 18.6. The van der Waals surface area contributed by atoms with Gasteiger partial charge < -0.3 is 10.6 Å². The molecule has 114 valence electrons. The van der Waals surface area contributed by atoms with E-state index in [0.29, 0.717) is 17.0 Å². The maximum atomic E-state index is 12.4. The summed E-state index contributed by atoms with van der Waals surface area (Å²) in [5.74, 6) is 0.0109. The Kier molecular flexibility index (Phi) is 3.90. The fourth-order valence-corrected chi connectivity index (χ4v) is 5.10. The lowest BCUT2D eigenvalue weighted by molar-refractivity contribution is 0.0935. The number of fused-ring (bicyclic) bond motifs is 2. The van der Waals surface area contributed by atoms with Crippen molar-refractivity contribution in [3.05, 3.63) is 41.4 Å². The molecule has 2 bridgehead atoms. The van der Waals surface area contributed by atoms with Crippen LogP contribution in [0.1, 0.15) is 28.9 Å². The number of benzene rings is 1. The predicted molar refractivity (Wildman–Crippen MR) is 88.5 cm³/mol. The zero-order valence-electron chi connectivity index (χ0n) is 12.0. The van der Waals surface area contributed by atoms with Gasteiger partial charge in [0.1, 0.15) is 4.88 Å². The Balaban J connectivity index is 1.39. The molecule has 1 aromatic carbocycles. The number of rotatable bonds is 4. The number of nitrogens with one attached hydrogen (secondary N) is 2. The third-order valence-corrected chi connectivity index (χ3v) is 6.35. The Hall–Kier alpha value is -1.37. The van der Waals surface area contributed by atoms with Crippen LogP contribution in [-0.2, 0) is 0 Å². The first-order valence-corrected chi connectivity index (χ1v) is 9.17. The number of nitrogens with zero attached hydrogens (tertiary/aromatic N) is 1. The lowest BCUT2D eigenvalue weighted by atomic mass is 9.95. The molecule has 4 nitrogen and oxygen atoms in total. The minimum Gasteiger partial charge on any atom is -0.347 e. The highest BCUT2D eigenvalue weighted by Gasteiger charge is 2.39. The van der Waals surface area contributed by atoms with Gasteiger partial charge in [0.15, 0.2) is 4.34 Å². The second-order valence-electron chi connectivity index (χ2n) is 5.77. The molecule has 4 rings (SSSR count). The van der Waals surface area contributed by atoms with E-state index in [-0.39, 0.29) is 11.9 Å². The van der Waals surface area contributed by atoms with Gasteiger partial charge in [0.25, 0.3) is 5.91 Å². The quantitative estimate of drug-likeness (QED) is 0.904. The first kappa shape index (κ1) is 14.2. The third-order valence-electron chi connectivity index (χ3n) is 4.27. The Morgan fingerprint density at radius 3 is 2.91 bits per heavy atom. The smallest absolute Gasteiger partial charge is 0.263 e. The number of hydrogen-bond donors (Lipinski definition) is 2. The molecule has 0 aliphatic carbocycles. The number of amides is 1. The molecule has 2 aromatic rings. The van der Waals surface area contributed by atoms with E-state index in [0.717, 1.165) is 15.7 Å². The normalized spacial score (nSPS) is 26.3. The minimum absolute atomic E-state index is 0.0109. The van der Waals surface area contributed by atoms with Crippen molar-refractivity contribution in [1.82, 2.24) is 15.6 Å². The summed E-state index contributed by atoms with van der Waals surface area (Å²) in [5.41, 5.74) is 0. The fraction of sp³-hybridized carbons (Fsp3) is 0.375. The average molecular weight is 331 g/mol. The van der Waals surface area contributed by atoms with Crippen LogP contribution in [-0.4, -0.2) is 29.0 Å². The van der Waals surface area contributed by atoms with Crippen LogP contribution in [0.5, 0.6) is 0 Å². The Morgan fingerprint density at radius 2 is 2.18 bits per heavy atom. The minimum atomic E-state index is 0.0109. The van der Waals surface area contributed by atoms with Gasteiger partial charge in [0.2, 0.25) is 0 Å². The largest absolute Gasteiger partial charge is 0.347 e. The van der Waals surface area contributed by atoms with E-state index in [2.05, 4.69) is 15.6 Å². The molecule has 1 aromatic heterocycles. The molecule has 3 unspecified atom stereocenters. The van der Waals surface area contributed by atoms with Crippen molar-refractivity contribution in [3.8, 4) is 0 Å². The summed E-state index contributed by atoms with van der Waals surface area (Å²) in [7, 11) is 0. The van der Waals surface area contributed by atoms with Crippen molar-refractivity contribution in [1.29, 1.82) is 0 Å². The molecular weight excluding hydrogens is 314 g/mol. The van der Waals surface area contributed by atoms with Gasteiger partial charge in [-0.3, -0.25) is 4.79 Å². The van der Waals surface area contributed by atoms with Crippen molar-refractivity contribution in [3.63, 3.8) is 0 Å². The lowest BCUT2D eigenvalue weighted by Gasteiger charge is -2.20. The van der Waals surface area contributed by atoms with Crippen molar-refractivity contribution in [2.45, 2.75) is 46.6 Å². The molecule has 22 heavy (non-hydrogen) atoms. The summed E-state index contributed by atoms with van der Waals surface area (Å²) >= 11 is 3.05. The van der Waals surface area contributed by atoms with Crippen LogP contribution in [0.15, 0.2) is 45.8 Å². The molecule has 1 amide bonds. The molecule has 2 aliphatic heterocycles. The van der Waals surface area contributed by atoms with E-state index in [9.17, 15) is 4.79 Å². The second kappa shape index (κ2) is 6.02. The predicted octanol–water partition coefficient (Wildman–Crippen LogP) is 2.92. The third kappa shape index (κ3) is 2.91. The fourth-order valence-electron chi connectivity index (χ4n) is 3.22. The molecule has 2 N–H and O–H groups in total. The standard InChI is InChI=1S/C16H17N3OS2/c20-15(19-13-8-10-6-7-12(13)18-10)14-9-17-16(22-14)21-11-4-2-1-3-5-11/h1-5,9-10,12-13,18H,6-8H2,(H,19,20). The number of thiazole rings is 1. The van der Waals surface area contributed by atoms with E-state index in [1.54, 1.807) is 18.0 Å². The van der Waals surface area contributed by atoms with Crippen molar-refractivity contribution in [2.75, 3.05) is 0 Å². The molecule has 2 aliphatic rings. The number of carbonyl (C=O) groups excluding carboxylic acids is 1. The van der Waals surface area contributed by atoms with E-state index < -0.39 is 0 Å². The van der Waals surface area contributed by atoms with E-state index in [1.165, 1.54) is 24.2 Å². The first-order valence-electron chi connectivity index (χ1n) is 7.53. The van der Waals surface area contributed by atoms with Gasteiger partial charge in [-0.2, -0.15) is 0 Å². The zero-order valence-corrected chi connectivity index (χ0v) is 13.6. The van der Waals surface area contributed by atoms with Crippen molar-refractivity contribution < 1.29 is 4.79 Å². The Labute approximate surface area is 137 Å². The highest BCUT2D eigenvalue weighted by Crippen LogP contribution is 2.32. The zero-order chi connectivity index (χ0) is 14.9. The molecule has 3 heterocycles. The summed E-state index contributed by atoms with van der Waals surface area (Å²) in [6, 6.07) is 11.4. The average Bonchev–Trinajstić information content (AvgIpc) is 3.24. The van der Waals surface area contributed by atoms with Gasteiger partial charge in [-0.05, 0) is 31.4 Å². The molecule has 0 spiro atoms. The Bertz CT molecular complexity index is 673. The molecule has 0 radical (unpaired) electrons. The van der Waals surface area contributed by atoms with Crippen LogP contribution < -0.4 is 10.6 Å². The van der Waals surface area contributed by atoms with Gasteiger partial charge in [0.05, 0.1) is 6.20 Å². The topological polar surface area (TPSA) is 54.0 Å². The van der Waals surface area contributed by atoms with Gasteiger partial charge in [-0.15, -0.1) is 11.3 Å². The van der Waals surface area contributed by atoms with E-state index >= 15 is 0 Å². The second-order valence-corrected chi connectivity index (χ2v) is 8.12. The summed E-state index contributed by atoms with van der Waals surface area (Å²) in [6.07, 6.45) is 5.16. The highest BCUT2D eigenvalue weighted by molar-refractivity contribution is 8.01. The van der Waals surface area contributed by atoms with Gasteiger partial charge >= 0.3 is 0 Å². The molecule has 6 heteroatoms.